The Bertz CT molecular complexity index is 346. The molecule has 1 fully saturated rings. The third-order valence-electron chi connectivity index (χ3n) is 4.27. The maximum Gasteiger partial charge on any atom is 0.159 e. The molecule has 1 saturated carbocycles. The molecule has 2 rings (SSSR count). The summed E-state index contributed by atoms with van der Waals surface area (Å²) in [5.74, 6) is 1.55. The van der Waals surface area contributed by atoms with Crippen molar-refractivity contribution in [1.29, 1.82) is 0 Å². The SMILES string of the molecule is C=CCC1C(C2=C(C)CCC2=O)C1(C)C. The Balaban J connectivity index is 2.23. The first-order chi connectivity index (χ1) is 7.00. The molecule has 82 valence electrons. The van der Waals surface area contributed by atoms with Crippen LogP contribution in [0.4, 0.5) is 0 Å². The average Bonchev–Trinajstić information content (AvgIpc) is 2.51. The molecule has 1 nitrogen and oxygen atoms in total. The fourth-order valence-electron chi connectivity index (χ4n) is 3.18. The summed E-state index contributed by atoms with van der Waals surface area (Å²) in [7, 11) is 0. The maximum atomic E-state index is 11.8. The van der Waals surface area contributed by atoms with E-state index < -0.39 is 0 Å². The van der Waals surface area contributed by atoms with Gasteiger partial charge in [0, 0.05) is 6.42 Å². The first-order valence-corrected chi connectivity index (χ1v) is 5.84. The van der Waals surface area contributed by atoms with Gasteiger partial charge >= 0.3 is 0 Å². The Labute approximate surface area is 92.3 Å². The Morgan fingerprint density at radius 2 is 2.13 bits per heavy atom. The second-order valence-corrected chi connectivity index (χ2v) is 5.55. The van der Waals surface area contributed by atoms with Gasteiger partial charge in [-0.25, -0.2) is 0 Å². The highest BCUT2D eigenvalue weighted by Crippen LogP contribution is 2.64. The summed E-state index contributed by atoms with van der Waals surface area (Å²) < 4.78 is 0. The fourth-order valence-corrected chi connectivity index (χ4v) is 3.18. The van der Waals surface area contributed by atoms with Crippen molar-refractivity contribution < 1.29 is 4.79 Å². The molecule has 1 heteroatoms. The molecule has 0 radical (unpaired) electrons. The summed E-state index contributed by atoms with van der Waals surface area (Å²) in [5.41, 5.74) is 2.81. The van der Waals surface area contributed by atoms with Crippen LogP contribution < -0.4 is 0 Å². The van der Waals surface area contributed by atoms with Crippen LogP contribution in [0.3, 0.4) is 0 Å². The van der Waals surface area contributed by atoms with Gasteiger partial charge in [0.15, 0.2) is 5.78 Å². The third-order valence-corrected chi connectivity index (χ3v) is 4.27. The molecule has 0 amide bonds. The van der Waals surface area contributed by atoms with Crippen molar-refractivity contribution in [2.24, 2.45) is 17.3 Å². The highest BCUT2D eigenvalue weighted by atomic mass is 16.1. The van der Waals surface area contributed by atoms with Crippen molar-refractivity contribution in [1.82, 2.24) is 0 Å². The van der Waals surface area contributed by atoms with E-state index in [2.05, 4.69) is 27.4 Å². The van der Waals surface area contributed by atoms with Crippen LogP contribution in [0.1, 0.15) is 40.0 Å². The number of carbonyl (C=O) groups is 1. The molecule has 0 N–H and O–H groups in total. The van der Waals surface area contributed by atoms with Crippen LogP contribution in [-0.4, -0.2) is 5.78 Å². The lowest BCUT2D eigenvalue weighted by molar-refractivity contribution is -0.115. The molecular weight excluding hydrogens is 184 g/mol. The molecule has 15 heavy (non-hydrogen) atoms. The van der Waals surface area contributed by atoms with Gasteiger partial charge in [0.25, 0.3) is 0 Å². The zero-order valence-electron chi connectivity index (χ0n) is 9.97. The predicted molar refractivity (Wildman–Crippen MR) is 62.5 cm³/mol. The van der Waals surface area contributed by atoms with Crippen molar-refractivity contribution in [3.8, 4) is 0 Å². The summed E-state index contributed by atoms with van der Waals surface area (Å²) in [6.07, 6.45) is 4.76. The van der Waals surface area contributed by atoms with Gasteiger partial charge in [0.05, 0.1) is 0 Å². The van der Waals surface area contributed by atoms with Gasteiger partial charge in [-0.1, -0.05) is 25.5 Å². The lowest BCUT2D eigenvalue weighted by Crippen LogP contribution is -2.02. The minimum Gasteiger partial charge on any atom is -0.295 e. The molecule has 0 aromatic rings. The van der Waals surface area contributed by atoms with Crippen molar-refractivity contribution in [2.75, 3.05) is 0 Å². The molecule has 2 unspecified atom stereocenters. The average molecular weight is 204 g/mol. The van der Waals surface area contributed by atoms with E-state index in [9.17, 15) is 4.79 Å². The predicted octanol–water partition coefficient (Wildman–Crippen LogP) is 3.51. The van der Waals surface area contributed by atoms with Gasteiger partial charge in [0.1, 0.15) is 0 Å². The van der Waals surface area contributed by atoms with Crippen molar-refractivity contribution >= 4 is 5.78 Å². The molecule has 0 saturated heterocycles. The monoisotopic (exact) mass is 204 g/mol. The lowest BCUT2D eigenvalue weighted by atomic mass is 10.00. The smallest absolute Gasteiger partial charge is 0.159 e. The van der Waals surface area contributed by atoms with Crippen molar-refractivity contribution in [3.05, 3.63) is 23.8 Å². The number of hydrogen-bond acceptors (Lipinski definition) is 1. The van der Waals surface area contributed by atoms with E-state index in [0.717, 1.165) is 24.8 Å². The van der Waals surface area contributed by atoms with Crippen LogP contribution in [0.2, 0.25) is 0 Å². The summed E-state index contributed by atoms with van der Waals surface area (Å²) in [6.45, 7) is 10.5. The first kappa shape index (κ1) is 10.7. The van der Waals surface area contributed by atoms with E-state index in [0.29, 0.717) is 23.0 Å². The van der Waals surface area contributed by atoms with Crippen molar-refractivity contribution in [3.63, 3.8) is 0 Å². The zero-order chi connectivity index (χ0) is 11.2. The topological polar surface area (TPSA) is 17.1 Å². The summed E-state index contributed by atoms with van der Waals surface area (Å²) in [6, 6.07) is 0. The molecule has 0 bridgehead atoms. The van der Waals surface area contributed by atoms with E-state index in [-0.39, 0.29) is 0 Å². The summed E-state index contributed by atoms with van der Waals surface area (Å²) in [5, 5.41) is 0. The third kappa shape index (κ3) is 1.49. The van der Waals surface area contributed by atoms with Gasteiger partial charge in [-0.3, -0.25) is 4.79 Å². The Morgan fingerprint density at radius 3 is 2.60 bits per heavy atom. The van der Waals surface area contributed by atoms with Crippen LogP contribution in [-0.2, 0) is 4.79 Å². The number of hydrogen-bond donors (Lipinski definition) is 0. The van der Waals surface area contributed by atoms with Gasteiger partial charge in [-0.15, -0.1) is 6.58 Å². The van der Waals surface area contributed by atoms with Gasteiger partial charge in [-0.05, 0) is 42.6 Å². The van der Waals surface area contributed by atoms with Crippen LogP contribution >= 0.6 is 0 Å². The van der Waals surface area contributed by atoms with Gasteiger partial charge in [-0.2, -0.15) is 0 Å². The summed E-state index contributed by atoms with van der Waals surface area (Å²) in [4.78, 5) is 11.8. The lowest BCUT2D eigenvalue weighted by Gasteiger charge is -2.04. The molecule has 0 spiro atoms. The number of ketones is 1. The van der Waals surface area contributed by atoms with E-state index in [1.54, 1.807) is 0 Å². The zero-order valence-corrected chi connectivity index (χ0v) is 9.97. The second-order valence-electron chi connectivity index (χ2n) is 5.55. The minimum absolute atomic E-state index is 0.310. The minimum atomic E-state index is 0.310. The number of carbonyl (C=O) groups excluding carboxylic acids is 1. The molecule has 0 aliphatic heterocycles. The highest BCUT2D eigenvalue weighted by molar-refractivity contribution is 5.99. The molecule has 0 aromatic heterocycles. The Morgan fingerprint density at radius 1 is 1.47 bits per heavy atom. The molecule has 2 aliphatic carbocycles. The van der Waals surface area contributed by atoms with Gasteiger partial charge in [0.2, 0.25) is 0 Å². The van der Waals surface area contributed by atoms with Gasteiger partial charge < -0.3 is 0 Å². The number of Topliss-reactive ketones (excluding diaryl/α,β-unsaturated/α-hetero) is 1. The van der Waals surface area contributed by atoms with Crippen LogP contribution in [0.15, 0.2) is 23.8 Å². The number of allylic oxidation sites excluding steroid dienone is 3. The van der Waals surface area contributed by atoms with E-state index in [1.165, 1.54) is 5.57 Å². The summed E-state index contributed by atoms with van der Waals surface area (Å²) >= 11 is 0. The normalized spacial score (nSPS) is 33.4. The van der Waals surface area contributed by atoms with E-state index in [4.69, 9.17) is 0 Å². The van der Waals surface area contributed by atoms with Crippen LogP contribution in [0, 0.1) is 17.3 Å². The Kier molecular flexibility index (Phi) is 2.37. The highest BCUT2D eigenvalue weighted by Gasteiger charge is 2.59. The van der Waals surface area contributed by atoms with Crippen LogP contribution in [0.5, 0.6) is 0 Å². The number of rotatable bonds is 3. The standard InChI is InChI=1S/C14H20O/c1-5-6-10-13(14(10,3)4)12-9(2)7-8-11(12)15/h5,10,13H,1,6-8H2,2-4H3. The molecule has 0 heterocycles. The molecule has 0 aromatic carbocycles. The second kappa shape index (κ2) is 3.33. The van der Waals surface area contributed by atoms with E-state index in [1.807, 2.05) is 6.08 Å². The Hall–Kier alpha value is -0.850. The van der Waals surface area contributed by atoms with E-state index >= 15 is 0 Å². The molecular formula is C14H20O. The first-order valence-electron chi connectivity index (χ1n) is 5.84. The van der Waals surface area contributed by atoms with Crippen LogP contribution in [0.25, 0.3) is 0 Å². The maximum absolute atomic E-state index is 11.8. The quantitative estimate of drug-likeness (QED) is 0.643. The van der Waals surface area contributed by atoms with Crippen molar-refractivity contribution in [2.45, 2.75) is 40.0 Å². The molecule has 2 atom stereocenters. The molecule has 2 aliphatic rings. The largest absolute Gasteiger partial charge is 0.295 e. The fraction of sp³-hybridized carbons (Fsp3) is 0.643.